The standard InChI is InChI=1S/C14H21ClN2/c1-13(2,3)14(6-4-7-17-14)9-11-5-8-16-10-12(11)15/h5,8,10,17H,4,6-7,9H2,1-3H3. The summed E-state index contributed by atoms with van der Waals surface area (Å²) in [7, 11) is 0. The highest BCUT2D eigenvalue weighted by Crippen LogP contribution is 2.40. The summed E-state index contributed by atoms with van der Waals surface area (Å²) < 4.78 is 0. The summed E-state index contributed by atoms with van der Waals surface area (Å²) in [4.78, 5) is 4.05. The molecule has 1 aliphatic heterocycles. The van der Waals surface area contributed by atoms with E-state index in [0.29, 0.717) is 0 Å². The number of nitrogens with one attached hydrogen (secondary N) is 1. The zero-order chi connectivity index (χ0) is 12.5. The minimum Gasteiger partial charge on any atom is -0.310 e. The molecule has 0 aromatic carbocycles. The molecule has 2 nitrogen and oxygen atoms in total. The van der Waals surface area contributed by atoms with Crippen LogP contribution in [0.15, 0.2) is 18.5 Å². The lowest BCUT2D eigenvalue weighted by Crippen LogP contribution is -2.52. The molecule has 1 aromatic heterocycles. The molecular weight excluding hydrogens is 232 g/mol. The highest BCUT2D eigenvalue weighted by Gasteiger charge is 2.43. The molecule has 0 bridgehead atoms. The summed E-state index contributed by atoms with van der Waals surface area (Å²) >= 11 is 6.22. The lowest BCUT2D eigenvalue weighted by atomic mass is 9.69. The van der Waals surface area contributed by atoms with Crippen LogP contribution in [0.3, 0.4) is 0 Å². The van der Waals surface area contributed by atoms with Crippen molar-refractivity contribution in [3.63, 3.8) is 0 Å². The van der Waals surface area contributed by atoms with Crippen LogP contribution in [0, 0.1) is 5.41 Å². The maximum absolute atomic E-state index is 6.22. The van der Waals surface area contributed by atoms with Crippen LogP contribution >= 0.6 is 11.6 Å². The Balaban J connectivity index is 2.28. The van der Waals surface area contributed by atoms with Gasteiger partial charge in [-0.15, -0.1) is 0 Å². The fourth-order valence-corrected chi connectivity index (χ4v) is 2.92. The number of rotatable bonds is 2. The summed E-state index contributed by atoms with van der Waals surface area (Å²) in [5, 5.41) is 4.49. The van der Waals surface area contributed by atoms with Gasteiger partial charge in [0.1, 0.15) is 0 Å². The van der Waals surface area contributed by atoms with Crippen LogP contribution in [-0.4, -0.2) is 17.1 Å². The summed E-state index contributed by atoms with van der Waals surface area (Å²) in [5.41, 5.74) is 1.60. The Hall–Kier alpha value is -0.600. The fourth-order valence-electron chi connectivity index (χ4n) is 2.73. The Morgan fingerprint density at radius 2 is 2.24 bits per heavy atom. The van der Waals surface area contributed by atoms with Crippen LogP contribution in [0.25, 0.3) is 0 Å². The van der Waals surface area contributed by atoms with E-state index in [1.54, 1.807) is 6.20 Å². The molecule has 1 unspecified atom stereocenters. The second-order valence-corrected chi connectivity index (χ2v) is 6.41. The lowest BCUT2D eigenvalue weighted by molar-refractivity contribution is 0.159. The third-order valence-electron chi connectivity index (χ3n) is 4.03. The molecule has 2 heterocycles. The van der Waals surface area contributed by atoms with E-state index in [4.69, 9.17) is 11.6 Å². The second kappa shape index (κ2) is 4.58. The van der Waals surface area contributed by atoms with Crippen LogP contribution in [0.4, 0.5) is 0 Å². The molecule has 0 spiro atoms. The van der Waals surface area contributed by atoms with Gasteiger partial charge in [0.25, 0.3) is 0 Å². The van der Waals surface area contributed by atoms with Crippen molar-refractivity contribution >= 4 is 11.6 Å². The largest absolute Gasteiger partial charge is 0.310 e. The molecule has 0 radical (unpaired) electrons. The molecule has 0 amide bonds. The fraction of sp³-hybridized carbons (Fsp3) is 0.643. The van der Waals surface area contributed by atoms with Crippen LogP contribution in [0.2, 0.25) is 5.02 Å². The van der Waals surface area contributed by atoms with Crippen LogP contribution in [0.5, 0.6) is 0 Å². The molecule has 1 aliphatic rings. The second-order valence-electron chi connectivity index (χ2n) is 6.01. The number of hydrogen-bond acceptors (Lipinski definition) is 2. The number of halogens is 1. The minimum atomic E-state index is 0.165. The van der Waals surface area contributed by atoms with Gasteiger partial charge in [-0.3, -0.25) is 4.98 Å². The molecule has 1 saturated heterocycles. The van der Waals surface area contributed by atoms with Crippen LogP contribution in [0.1, 0.15) is 39.2 Å². The third-order valence-corrected chi connectivity index (χ3v) is 4.37. The van der Waals surface area contributed by atoms with Gasteiger partial charge in [0.2, 0.25) is 0 Å². The van der Waals surface area contributed by atoms with Gasteiger partial charge < -0.3 is 5.32 Å². The zero-order valence-corrected chi connectivity index (χ0v) is 11.6. The van der Waals surface area contributed by atoms with E-state index in [-0.39, 0.29) is 11.0 Å². The first-order chi connectivity index (χ1) is 7.95. The first-order valence-corrected chi connectivity index (χ1v) is 6.66. The first kappa shape index (κ1) is 12.8. The Labute approximate surface area is 109 Å². The van der Waals surface area contributed by atoms with E-state index in [0.717, 1.165) is 18.0 Å². The highest BCUT2D eigenvalue weighted by atomic mass is 35.5. The maximum Gasteiger partial charge on any atom is 0.0621 e. The molecule has 0 saturated carbocycles. The van der Waals surface area contributed by atoms with Gasteiger partial charge in [-0.1, -0.05) is 32.4 Å². The van der Waals surface area contributed by atoms with E-state index >= 15 is 0 Å². The molecule has 1 N–H and O–H groups in total. The molecule has 94 valence electrons. The predicted octanol–water partition coefficient (Wildman–Crippen LogP) is 3.45. The molecule has 2 rings (SSSR count). The maximum atomic E-state index is 6.22. The van der Waals surface area contributed by atoms with Gasteiger partial charge in [-0.25, -0.2) is 0 Å². The highest BCUT2D eigenvalue weighted by molar-refractivity contribution is 6.31. The van der Waals surface area contributed by atoms with Gasteiger partial charge in [0, 0.05) is 17.9 Å². The zero-order valence-electron chi connectivity index (χ0n) is 10.9. The Bertz CT molecular complexity index is 389. The monoisotopic (exact) mass is 252 g/mol. The van der Waals surface area contributed by atoms with Crippen molar-refractivity contribution < 1.29 is 0 Å². The molecule has 3 heteroatoms. The normalized spacial score (nSPS) is 25.2. The van der Waals surface area contributed by atoms with E-state index in [1.165, 1.54) is 18.4 Å². The minimum absolute atomic E-state index is 0.165. The third kappa shape index (κ3) is 2.48. The molecular formula is C14H21ClN2. The van der Waals surface area contributed by atoms with Crippen molar-refractivity contribution in [3.8, 4) is 0 Å². The smallest absolute Gasteiger partial charge is 0.0621 e. The molecule has 0 aliphatic carbocycles. The average molecular weight is 253 g/mol. The van der Waals surface area contributed by atoms with E-state index < -0.39 is 0 Å². The Kier molecular flexibility index (Phi) is 3.46. The van der Waals surface area contributed by atoms with E-state index in [1.807, 2.05) is 12.3 Å². The van der Waals surface area contributed by atoms with Gasteiger partial charge in [0.15, 0.2) is 0 Å². The van der Waals surface area contributed by atoms with Gasteiger partial charge in [0.05, 0.1) is 5.02 Å². The number of pyridine rings is 1. The molecule has 1 aromatic rings. The van der Waals surface area contributed by atoms with Gasteiger partial charge in [-0.2, -0.15) is 0 Å². The number of nitrogens with zero attached hydrogens (tertiary/aromatic N) is 1. The Morgan fingerprint density at radius 1 is 1.47 bits per heavy atom. The van der Waals surface area contributed by atoms with Gasteiger partial charge >= 0.3 is 0 Å². The van der Waals surface area contributed by atoms with Crippen molar-refractivity contribution in [2.24, 2.45) is 5.41 Å². The van der Waals surface area contributed by atoms with Crippen molar-refractivity contribution in [1.82, 2.24) is 10.3 Å². The van der Waals surface area contributed by atoms with Crippen LogP contribution < -0.4 is 5.32 Å². The van der Waals surface area contributed by atoms with E-state index in [2.05, 4.69) is 31.1 Å². The quantitative estimate of drug-likeness (QED) is 0.872. The predicted molar refractivity (Wildman–Crippen MR) is 72.4 cm³/mol. The number of aromatic nitrogens is 1. The summed E-state index contributed by atoms with van der Waals surface area (Å²) in [6.07, 6.45) is 7.02. The molecule has 1 atom stereocenters. The van der Waals surface area contributed by atoms with Crippen molar-refractivity contribution in [1.29, 1.82) is 0 Å². The van der Waals surface area contributed by atoms with Crippen molar-refractivity contribution in [2.45, 2.75) is 45.6 Å². The topological polar surface area (TPSA) is 24.9 Å². The lowest BCUT2D eigenvalue weighted by Gasteiger charge is -2.42. The summed E-state index contributed by atoms with van der Waals surface area (Å²) in [5.74, 6) is 0. The Morgan fingerprint density at radius 3 is 2.76 bits per heavy atom. The van der Waals surface area contributed by atoms with Crippen molar-refractivity contribution in [3.05, 3.63) is 29.0 Å². The SMILES string of the molecule is CC(C)(C)C1(Cc2ccncc2Cl)CCCN1. The molecule has 17 heavy (non-hydrogen) atoms. The summed E-state index contributed by atoms with van der Waals surface area (Å²) in [6, 6.07) is 2.04. The number of hydrogen-bond donors (Lipinski definition) is 1. The van der Waals surface area contributed by atoms with E-state index in [9.17, 15) is 0 Å². The first-order valence-electron chi connectivity index (χ1n) is 6.28. The van der Waals surface area contributed by atoms with Crippen molar-refractivity contribution in [2.75, 3.05) is 6.54 Å². The molecule has 1 fully saturated rings. The van der Waals surface area contributed by atoms with Gasteiger partial charge in [-0.05, 0) is 42.9 Å². The summed E-state index contributed by atoms with van der Waals surface area (Å²) in [6.45, 7) is 8.03. The van der Waals surface area contributed by atoms with Crippen LogP contribution in [-0.2, 0) is 6.42 Å². The average Bonchev–Trinajstić information content (AvgIpc) is 2.70.